The molecule has 0 radical (unpaired) electrons. The molecule has 0 aromatic heterocycles. The van der Waals surface area contributed by atoms with Crippen LogP contribution < -0.4 is 15.0 Å². The van der Waals surface area contributed by atoms with E-state index in [-0.39, 0.29) is 11.3 Å². The molecule has 2 aliphatic heterocycles. The van der Waals surface area contributed by atoms with Gasteiger partial charge in [0, 0.05) is 29.6 Å². The number of anilines is 1. The van der Waals surface area contributed by atoms with E-state index in [2.05, 4.69) is 73.5 Å². The highest BCUT2D eigenvalue weighted by Gasteiger charge is 2.57. The summed E-state index contributed by atoms with van der Waals surface area (Å²) in [5.41, 5.74) is 2.64. The van der Waals surface area contributed by atoms with Crippen LogP contribution in [0.5, 0.6) is 5.75 Å². The zero-order valence-corrected chi connectivity index (χ0v) is 18.3. The average Bonchev–Trinajstić information content (AvgIpc) is 2.94. The van der Waals surface area contributed by atoms with Gasteiger partial charge in [0.15, 0.2) is 0 Å². The first-order valence-electron chi connectivity index (χ1n) is 11.1. The summed E-state index contributed by atoms with van der Waals surface area (Å²) in [6, 6.07) is 16.6. The molecule has 158 valence electrons. The van der Waals surface area contributed by atoms with Gasteiger partial charge in [0.05, 0.1) is 6.61 Å². The molecule has 2 aromatic carbocycles. The number of nitrogens with one attached hydrogen (secondary N) is 1. The van der Waals surface area contributed by atoms with Crippen molar-refractivity contribution in [2.45, 2.75) is 57.5 Å². The molecule has 1 amide bonds. The summed E-state index contributed by atoms with van der Waals surface area (Å²) in [4.78, 5) is 14.9. The van der Waals surface area contributed by atoms with Crippen molar-refractivity contribution in [3.63, 3.8) is 0 Å². The van der Waals surface area contributed by atoms with Crippen molar-refractivity contribution in [2.24, 2.45) is 0 Å². The molecule has 2 aromatic rings. The predicted octanol–water partition coefficient (Wildman–Crippen LogP) is 5.28. The first kappa shape index (κ1) is 20.5. The normalized spacial score (nSPS) is 22.0. The number of amides is 1. The van der Waals surface area contributed by atoms with E-state index < -0.39 is 5.66 Å². The highest BCUT2D eigenvalue weighted by atomic mass is 16.5. The molecule has 4 rings (SSSR count). The molecule has 30 heavy (non-hydrogen) atoms. The number of fused-ring (bicyclic) bond motifs is 3. The maximum absolute atomic E-state index is 12.5. The Kier molecular flexibility index (Phi) is 5.59. The van der Waals surface area contributed by atoms with E-state index in [0.717, 1.165) is 24.3 Å². The van der Waals surface area contributed by atoms with Crippen LogP contribution in [0, 0.1) is 0 Å². The fourth-order valence-electron chi connectivity index (χ4n) is 4.81. The van der Waals surface area contributed by atoms with E-state index in [1.807, 2.05) is 18.2 Å². The van der Waals surface area contributed by atoms with Crippen molar-refractivity contribution in [2.75, 3.05) is 18.1 Å². The van der Waals surface area contributed by atoms with Crippen LogP contribution in [0.4, 0.5) is 5.69 Å². The maximum Gasteiger partial charge on any atom is 0.223 e. The first-order chi connectivity index (χ1) is 14.5. The molecule has 0 bridgehead atoms. The van der Waals surface area contributed by atoms with Gasteiger partial charge in [-0.2, -0.15) is 0 Å². The summed E-state index contributed by atoms with van der Waals surface area (Å²) < 4.78 is 6.07. The minimum Gasteiger partial charge on any atom is -0.493 e. The van der Waals surface area contributed by atoms with E-state index in [1.54, 1.807) is 0 Å². The smallest absolute Gasteiger partial charge is 0.223 e. The van der Waals surface area contributed by atoms with Crippen molar-refractivity contribution in [1.82, 2.24) is 5.32 Å². The number of rotatable bonds is 7. The SMILES string of the molecule is CCCCCOc1ccccc1/C=C/[C@@]12NC(=O)CCN1c1ccccc1C2(C)C. The van der Waals surface area contributed by atoms with E-state index in [4.69, 9.17) is 4.74 Å². The van der Waals surface area contributed by atoms with Crippen LogP contribution in [0.1, 0.15) is 57.6 Å². The molecule has 1 N–H and O–H groups in total. The molecule has 1 fully saturated rings. The standard InChI is InChI=1S/C26H32N2O2/c1-4-5-10-19-30-23-14-9-6-11-20(23)15-17-26-25(2,3)21-12-7-8-13-22(21)28(26)18-16-24(29)27-26/h6-9,11-15,17H,4-5,10,16,18-19H2,1-3H3,(H,27,29)/b17-15+/t26-/m1/s1. The predicted molar refractivity (Wildman–Crippen MR) is 123 cm³/mol. The quantitative estimate of drug-likeness (QED) is 0.638. The van der Waals surface area contributed by atoms with Gasteiger partial charge in [-0.3, -0.25) is 4.79 Å². The molecule has 0 saturated carbocycles. The molecule has 0 aliphatic carbocycles. The largest absolute Gasteiger partial charge is 0.493 e. The number of ether oxygens (including phenoxy) is 1. The monoisotopic (exact) mass is 404 g/mol. The van der Waals surface area contributed by atoms with E-state index in [0.29, 0.717) is 13.0 Å². The van der Waals surface area contributed by atoms with Gasteiger partial charge < -0.3 is 15.0 Å². The van der Waals surface area contributed by atoms with Gasteiger partial charge in [0.1, 0.15) is 11.4 Å². The maximum atomic E-state index is 12.5. The van der Waals surface area contributed by atoms with Gasteiger partial charge in [-0.05, 0) is 30.2 Å². The van der Waals surface area contributed by atoms with Crippen LogP contribution in [0.3, 0.4) is 0 Å². The second kappa shape index (κ2) is 8.17. The number of nitrogens with zero attached hydrogens (tertiary/aromatic N) is 1. The Morgan fingerprint density at radius 2 is 1.87 bits per heavy atom. The number of unbranched alkanes of at least 4 members (excludes halogenated alkanes) is 2. The number of carbonyl (C=O) groups excluding carboxylic acids is 1. The lowest BCUT2D eigenvalue weighted by Crippen LogP contribution is -2.68. The number of carbonyl (C=O) groups is 1. The molecule has 4 heteroatoms. The Hall–Kier alpha value is -2.75. The van der Waals surface area contributed by atoms with Crippen molar-refractivity contribution in [3.8, 4) is 5.75 Å². The van der Waals surface area contributed by atoms with Crippen molar-refractivity contribution < 1.29 is 9.53 Å². The molecular weight excluding hydrogens is 372 g/mol. The third-order valence-electron chi connectivity index (χ3n) is 6.57. The highest BCUT2D eigenvalue weighted by Crippen LogP contribution is 2.52. The Labute approximate surface area is 179 Å². The molecule has 2 aliphatic rings. The van der Waals surface area contributed by atoms with Gasteiger partial charge in [0.2, 0.25) is 5.91 Å². The number of hydrogen-bond donors (Lipinski definition) is 1. The zero-order valence-electron chi connectivity index (χ0n) is 18.3. The third-order valence-corrected chi connectivity index (χ3v) is 6.57. The molecule has 2 heterocycles. The Balaban J connectivity index is 1.69. The van der Waals surface area contributed by atoms with Gasteiger partial charge in [-0.25, -0.2) is 0 Å². The summed E-state index contributed by atoms with van der Waals surface area (Å²) in [5.74, 6) is 0.990. The van der Waals surface area contributed by atoms with Crippen LogP contribution >= 0.6 is 0 Å². The Bertz CT molecular complexity index is 950. The molecule has 0 spiro atoms. The van der Waals surface area contributed by atoms with Crippen LogP contribution in [-0.4, -0.2) is 24.7 Å². The Morgan fingerprint density at radius 3 is 2.70 bits per heavy atom. The summed E-state index contributed by atoms with van der Waals surface area (Å²) in [6.45, 7) is 8.07. The van der Waals surface area contributed by atoms with Gasteiger partial charge in [-0.15, -0.1) is 0 Å². The lowest BCUT2D eigenvalue weighted by atomic mass is 9.74. The molecule has 0 unspecified atom stereocenters. The minimum atomic E-state index is -0.596. The van der Waals surface area contributed by atoms with E-state index in [9.17, 15) is 4.79 Å². The number of benzene rings is 2. The molecule has 1 saturated heterocycles. The Morgan fingerprint density at radius 1 is 1.10 bits per heavy atom. The summed E-state index contributed by atoms with van der Waals surface area (Å²) in [7, 11) is 0. The van der Waals surface area contributed by atoms with Crippen molar-refractivity contribution >= 4 is 17.7 Å². The van der Waals surface area contributed by atoms with Gasteiger partial charge >= 0.3 is 0 Å². The third kappa shape index (κ3) is 3.38. The van der Waals surface area contributed by atoms with E-state index >= 15 is 0 Å². The first-order valence-corrected chi connectivity index (χ1v) is 11.1. The van der Waals surface area contributed by atoms with Gasteiger partial charge in [0.25, 0.3) is 0 Å². The minimum absolute atomic E-state index is 0.0980. The van der Waals surface area contributed by atoms with Crippen molar-refractivity contribution in [3.05, 3.63) is 65.7 Å². The second-order valence-electron chi connectivity index (χ2n) is 8.79. The molecule has 4 nitrogen and oxygen atoms in total. The fourth-order valence-corrected chi connectivity index (χ4v) is 4.81. The lowest BCUT2D eigenvalue weighted by molar-refractivity contribution is -0.124. The second-order valence-corrected chi connectivity index (χ2v) is 8.79. The van der Waals surface area contributed by atoms with Crippen LogP contribution in [0.15, 0.2) is 54.6 Å². The van der Waals surface area contributed by atoms with Crippen LogP contribution in [0.2, 0.25) is 0 Å². The fraction of sp³-hybridized carbons (Fsp3) is 0.423. The highest BCUT2D eigenvalue weighted by molar-refractivity contribution is 5.84. The topological polar surface area (TPSA) is 41.6 Å². The summed E-state index contributed by atoms with van der Waals surface area (Å²) >= 11 is 0. The summed E-state index contributed by atoms with van der Waals surface area (Å²) in [5, 5.41) is 3.34. The average molecular weight is 405 g/mol. The van der Waals surface area contributed by atoms with Crippen molar-refractivity contribution in [1.29, 1.82) is 0 Å². The van der Waals surface area contributed by atoms with E-state index in [1.165, 1.54) is 24.1 Å². The zero-order chi connectivity index (χ0) is 21.2. The van der Waals surface area contributed by atoms with Gasteiger partial charge in [-0.1, -0.05) is 76.1 Å². The number of hydrogen-bond acceptors (Lipinski definition) is 3. The molecular formula is C26H32N2O2. The van der Waals surface area contributed by atoms with Crippen LogP contribution in [-0.2, 0) is 10.2 Å². The van der Waals surface area contributed by atoms with Crippen LogP contribution in [0.25, 0.3) is 6.08 Å². The number of para-hydroxylation sites is 2. The summed E-state index contributed by atoms with van der Waals surface area (Å²) in [6.07, 6.45) is 8.20. The molecule has 1 atom stereocenters. The lowest BCUT2D eigenvalue weighted by Gasteiger charge is -2.49.